The molecule has 176 valence electrons. The number of allylic oxidation sites excluding steroid dienone is 1. The van der Waals surface area contributed by atoms with Crippen molar-refractivity contribution < 1.29 is 0 Å². The molecule has 0 saturated carbocycles. The number of rotatable bonds is 4. The summed E-state index contributed by atoms with van der Waals surface area (Å²) >= 11 is 0. The molecule has 2 heterocycles. The lowest BCUT2D eigenvalue weighted by Gasteiger charge is -2.27. The van der Waals surface area contributed by atoms with Gasteiger partial charge in [0.05, 0.1) is 16.7 Å². The lowest BCUT2D eigenvalue weighted by Crippen LogP contribution is -2.29. The number of nitrogens with zero attached hydrogens (tertiary/aromatic N) is 2. The molecule has 0 bridgehead atoms. The molecule has 3 heteroatoms. The molecular formula is C34H25N3. The van der Waals surface area contributed by atoms with Crippen LogP contribution in [0.5, 0.6) is 0 Å². The second-order valence-electron chi connectivity index (χ2n) is 9.31. The van der Waals surface area contributed by atoms with Crippen LogP contribution in [0.15, 0.2) is 145 Å². The van der Waals surface area contributed by atoms with Crippen molar-refractivity contribution in [2.45, 2.75) is 6.29 Å². The van der Waals surface area contributed by atoms with E-state index in [4.69, 9.17) is 4.99 Å². The molecule has 3 nitrogen and oxygen atoms in total. The van der Waals surface area contributed by atoms with Gasteiger partial charge >= 0.3 is 0 Å². The Bertz CT molecular complexity index is 1740. The Labute approximate surface area is 216 Å². The van der Waals surface area contributed by atoms with Crippen molar-refractivity contribution in [3.63, 3.8) is 0 Å². The highest BCUT2D eigenvalue weighted by atomic mass is 15.3. The van der Waals surface area contributed by atoms with Crippen LogP contribution in [0, 0.1) is 0 Å². The standard InChI is InChI=1S/C34H25N3/c1-3-12-24(13-4-1)26-16-11-17-27(22-26)31-23-30(25-14-5-2-6-15-25)35-34(36-31)37-32-20-9-7-18-28(32)29-19-8-10-21-33(29)37/h1-23,34-35H. The lowest BCUT2D eigenvalue weighted by molar-refractivity contribution is 0.508. The average Bonchev–Trinajstić information content (AvgIpc) is 3.32. The summed E-state index contributed by atoms with van der Waals surface area (Å²) in [7, 11) is 0. The zero-order valence-corrected chi connectivity index (χ0v) is 20.3. The lowest BCUT2D eigenvalue weighted by atomic mass is 9.99. The minimum atomic E-state index is -0.291. The van der Waals surface area contributed by atoms with Crippen molar-refractivity contribution in [3.05, 3.63) is 151 Å². The van der Waals surface area contributed by atoms with Crippen LogP contribution in [0.25, 0.3) is 38.6 Å². The van der Waals surface area contributed by atoms with Crippen LogP contribution >= 0.6 is 0 Å². The Morgan fingerprint density at radius 2 is 1.05 bits per heavy atom. The summed E-state index contributed by atoms with van der Waals surface area (Å²) in [4.78, 5) is 5.30. The highest BCUT2D eigenvalue weighted by molar-refractivity contribution is 6.14. The topological polar surface area (TPSA) is 29.3 Å². The Morgan fingerprint density at radius 3 is 1.73 bits per heavy atom. The maximum Gasteiger partial charge on any atom is 0.201 e. The van der Waals surface area contributed by atoms with E-state index < -0.39 is 0 Å². The number of hydrogen-bond acceptors (Lipinski definition) is 2. The monoisotopic (exact) mass is 475 g/mol. The molecule has 0 aliphatic carbocycles. The smallest absolute Gasteiger partial charge is 0.201 e. The predicted molar refractivity (Wildman–Crippen MR) is 154 cm³/mol. The van der Waals surface area contributed by atoms with Crippen molar-refractivity contribution in [2.24, 2.45) is 4.99 Å². The highest BCUT2D eigenvalue weighted by Gasteiger charge is 2.23. The van der Waals surface area contributed by atoms with Crippen molar-refractivity contribution in [1.29, 1.82) is 0 Å². The van der Waals surface area contributed by atoms with Gasteiger partial charge in [-0.1, -0.05) is 115 Å². The van der Waals surface area contributed by atoms with Crippen LogP contribution in [0.3, 0.4) is 0 Å². The van der Waals surface area contributed by atoms with E-state index in [0.717, 1.165) is 33.6 Å². The van der Waals surface area contributed by atoms with Crippen molar-refractivity contribution >= 4 is 33.2 Å². The largest absolute Gasteiger partial charge is 0.346 e. The summed E-state index contributed by atoms with van der Waals surface area (Å²) in [5.41, 5.74) is 8.97. The fraction of sp³-hybridized carbons (Fsp3) is 0.0294. The van der Waals surface area contributed by atoms with E-state index in [9.17, 15) is 0 Å². The first-order chi connectivity index (χ1) is 18.3. The maximum atomic E-state index is 5.30. The molecular weight excluding hydrogens is 450 g/mol. The Balaban J connectivity index is 1.42. The van der Waals surface area contributed by atoms with E-state index in [-0.39, 0.29) is 6.29 Å². The molecule has 1 aromatic heterocycles. The molecule has 0 radical (unpaired) electrons. The summed E-state index contributed by atoms with van der Waals surface area (Å²) in [6.07, 6.45) is 1.88. The van der Waals surface area contributed by atoms with Gasteiger partial charge in [-0.25, -0.2) is 4.99 Å². The molecule has 0 fully saturated rings. The molecule has 1 N–H and O–H groups in total. The van der Waals surface area contributed by atoms with Crippen LogP contribution in [-0.4, -0.2) is 10.3 Å². The molecule has 7 rings (SSSR count). The third kappa shape index (κ3) is 3.82. The minimum Gasteiger partial charge on any atom is -0.346 e. The van der Waals surface area contributed by atoms with E-state index >= 15 is 0 Å². The summed E-state index contributed by atoms with van der Waals surface area (Å²) in [5, 5.41) is 6.21. The van der Waals surface area contributed by atoms with E-state index in [1.54, 1.807) is 0 Å². The number of benzene rings is 5. The Hall–Kier alpha value is -4.89. The summed E-state index contributed by atoms with van der Waals surface area (Å²) in [5.74, 6) is 0. The van der Waals surface area contributed by atoms with Crippen molar-refractivity contribution in [1.82, 2.24) is 9.88 Å². The SMILES string of the molecule is C1=C(c2ccccc2)NC(n2c3ccccc3c3ccccc32)N=C1c1cccc(-c2ccccc2)c1. The van der Waals surface area contributed by atoms with Gasteiger partial charge in [-0.2, -0.15) is 0 Å². The third-order valence-electron chi connectivity index (χ3n) is 7.04. The van der Waals surface area contributed by atoms with Crippen molar-refractivity contribution in [2.75, 3.05) is 0 Å². The van der Waals surface area contributed by atoms with Gasteiger partial charge in [0.25, 0.3) is 0 Å². The zero-order valence-electron chi connectivity index (χ0n) is 20.3. The van der Waals surface area contributed by atoms with Gasteiger partial charge in [0.2, 0.25) is 6.29 Å². The third-order valence-corrected chi connectivity index (χ3v) is 7.04. The van der Waals surface area contributed by atoms with Gasteiger partial charge in [0.1, 0.15) is 0 Å². The second-order valence-corrected chi connectivity index (χ2v) is 9.31. The molecule has 5 aromatic carbocycles. The maximum absolute atomic E-state index is 5.30. The molecule has 0 amide bonds. The van der Waals surface area contributed by atoms with Gasteiger partial charge in [-0.05, 0) is 41.0 Å². The van der Waals surface area contributed by atoms with Crippen LogP contribution in [0.2, 0.25) is 0 Å². The van der Waals surface area contributed by atoms with E-state index in [1.165, 1.54) is 21.9 Å². The van der Waals surface area contributed by atoms with Gasteiger partial charge in [-0.3, -0.25) is 0 Å². The van der Waals surface area contributed by atoms with Crippen LogP contribution in [0.4, 0.5) is 0 Å². The van der Waals surface area contributed by atoms with Gasteiger partial charge in [0.15, 0.2) is 0 Å². The molecule has 1 aliphatic rings. The van der Waals surface area contributed by atoms with E-state index in [1.807, 2.05) is 0 Å². The Kier molecular flexibility index (Phi) is 5.18. The number of aliphatic imine (C=N–C) groups is 1. The first-order valence-corrected chi connectivity index (χ1v) is 12.6. The molecule has 1 aliphatic heterocycles. The number of nitrogens with one attached hydrogen (secondary N) is 1. The summed E-state index contributed by atoms with van der Waals surface area (Å²) in [6, 6.07) is 46.8. The number of hydrogen-bond donors (Lipinski definition) is 1. The summed E-state index contributed by atoms with van der Waals surface area (Å²) in [6.45, 7) is 0. The fourth-order valence-corrected chi connectivity index (χ4v) is 5.29. The highest BCUT2D eigenvalue weighted by Crippen LogP contribution is 2.34. The number of fused-ring (bicyclic) bond motifs is 3. The first-order valence-electron chi connectivity index (χ1n) is 12.6. The normalized spacial score (nSPS) is 15.3. The van der Waals surface area contributed by atoms with Crippen LogP contribution < -0.4 is 5.32 Å². The summed E-state index contributed by atoms with van der Waals surface area (Å²) < 4.78 is 2.32. The molecule has 6 aromatic rings. The number of para-hydroxylation sites is 2. The quantitative estimate of drug-likeness (QED) is 0.275. The van der Waals surface area contributed by atoms with Gasteiger partial charge < -0.3 is 9.88 Å². The van der Waals surface area contributed by atoms with Gasteiger partial charge in [0, 0.05) is 22.0 Å². The minimum absolute atomic E-state index is 0.291. The molecule has 1 unspecified atom stereocenters. The molecule has 0 spiro atoms. The fourth-order valence-electron chi connectivity index (χ4n) is 5.29. The van der Waals surface area contributed by atoms with Crippen LogP contribution in [-0.2, 0) is 0 Å². The number of aromatic nitrogens is 1. The average molecular weight is 476 g/mol. The van der Waals surface area contributed by atoms with Crippen LogP contribution in [0.1, 0.15) is 17.4 Å². The second kappa shape index (κ2) is 8.96. The van der Waals surface area contributed by atoms with Crippen molar-refractivity contribution in [3.8, 4) is 11.1 Å². The first kappa shape index (κ1) is 21.4. The predicted octanol–water partition coefficient (Wildman–Crippen LogP) is 8.05. The molecule has 37 heavy (non-hydrogen) atoms. The molecule has 0 saturated heterocycles. The van der Waals surface area contributed by atoms with E-state index in [0.29, 0.717) is 0 Å². The van der Waals surface area contributed by atoms with E-state index in [2.05, 4.69) is 149 Å². The van der Waals surface area contributed by atoms with Gasteiger partial charge in [-0.15, -0.1) is 0 Å². The molecule has 1 atom stereocenters. The zero-order chi connectivity index (χ0) is 24.6. The Morgan fingerprint density at radius 1 is 0.514 bits per heavy atom.